The molecule has 1 N–H and O–H groups in total. The van der Waals surface area contributed by atoms with E-state index in [9.17, 15) is 27.7 Å². The predicted octanol–water partition coefficient (Wildman–Crippen LogP) is 6.22. The Morgan fingerprint density at radius 2 is 1.94 bits per heavy atom. The van der Waals surface area contributed by atoms with Crippen LogP contribution in [-0.4, -0.2) is 23.2 Å². The van der Waals surface area contributed by atoms with E-state index >= 15 is 0 Å². The number of nitrogens with one attached hydrogen (secondary N) is 1. The average Bonchev–Trinajstić information content (AvgIpc) is 2.67. The Morgan fingerprint density at radius 3 is 2.53 bits per heavy atom. The number of likely N-dealkylation sites (N-methyl/N-ethyl adjacent to an activating group) is 1. The molecular weight excluding hydrogens is 428 g/mol. The van der Waals surface area contributed by atoms with Crippen molar-refractivity contribution in [3.05, 3.63) is 69.0 Å². The van der Waals surface area contributed by atoms with Crippen molar-refractivity contribution in [2.24, 2.45) is 5.10 Å². The van der Waals surface area contributed by atoms with E-state index in [2.05, 4.69) is 21.5 Å². The molecule has 6 nitrogen and oxygen atoms in total. The summed E-state index contributed by atoms with van der Waals surface area (Å²) >= 11 is 0. The first-order valence-corrected chi connectivity index (χ1v) is 9.81. The summed E-state index contributed by atoms with van der Waals surface area (Å²) in [6.45, 7) is 8.66. The van der Waals surface area contributed by atoms with E-state index in [0.717, 1.165) is 29.1 Å². The summed E-state index contributed by atoms with van der Waals surface area (Å²) in [5.74, 6) is -0.542. The number of nitrogens with zero attached hydrogens (tertiary/aromatic N) is 3. The Bertz CT molecular complexity index is 1120. The smallest absolute Gasteiger partial charge is 0.363 e. The standard InChI is InChI=1S/C22H22F4N4O2/c1-5-29-19-10-17(23)14(8-16(19)13(2)11-21(29,3)4)12-27-28-18-7-6-15(22(24,25)26)9-20(18)30(31)32/h6-12,28H,5H2,1-4H3/b27-12+. The maximum absolute atomic E-state index is 14.8. The van der Waals surface area contributed by atoms with Crippen LogP contribution in [0, 0.1) is 15.9 Å². The number of hydrogen-bond donors (Lipinski definition) is 1. The first-order chi connectivity index (χ1) is 14.8. The van der Waals surface area contributed by atoms with Crippen molar-refractivity contribution in [1.82, 2.24) is 0 Å². The lowest BCUT2D eigenvalue weighted by atomic mass is 9.88. The number of rotatable bonds is 5. The Hall–Kier alpha value is -3.43. The molecule has 2 aromatic carbocycles. The van der Waals surface area contributed by atoms with Gasteiger partial charge in [-0.25, -0.2) is 4.39 Å². The van der Waals surface area contributed by atoms with Gasteiger partial charge < -0.3 is 4.90 Å². The van der Waals surface area contributed by atoms with Gasteiger partial charge in [0.15, 0.2) is 0 Å². The zero-order valence-electron chi connectivity index (χ0n) is 17.9. The molecule has 0 spiro atoms. The van der Waals surface area contributed by atoms with Crippen molar-refractivity contribution in [2.75, 3.05) is 16.9 Å². The molecule has 0 bridgehead atoms. The van der Waals surface area contributed by atoms with Crippen LogP contribution < -0.4 is 10.3 Å². The third kappa shape index (κ3) is 4.44. The highest BCUT2D eigenvalue weighted by Crippen LogP contribution is 2.40. The zero-order valence-corrected chi connectivity index (χ0v) is 17.9. The fraction of sp³-hybridized carbons (Fsp3) is 0.318. The summed E-state index contributed by atoms with van der Waals surface area (Å²) in [7, 11) is 0. The Kier molecular flexibility index (Phi) is 5.99. The zero-order chi connectivity index (χ0) is 23.8. The molecule has 10 heteroatoms. The summed E-state index contributed by atoms with van der Waals surface area (Å²) in [5.41, 5.74) is 2.56. The van der Waals surface area contributed by atoms with Gasteiger partial charge in [0.05, 0.1) is 22.2 Å². The van der Waals surface area contributed by atoms with Gasteiger partial charge in [-0.3, -0.25) is 15.5 Å². The number of halogens is 4. The van der Waals surface area contributed by atoms with Crippen molar-refractivity contribution in [1.29, 1.82) is 0 Å². The van der Waals surface area contributed by atoms with Crippen LogP contribution in [-0.2, 0) is 6.18 Å². The number of nitro groups is 1. The van der Waals surface area contributed by atoms with E-state index in [1.165, 1.54) is 6.07 Å². The molecule has 170 valence electrons. The molecule has 0 fully saturated rings. The second-order valence-electron chi connectivity index (χ2n) is 7.97. The summed E-state index contributed by atoms with van der Waals surface area (Å²) in [6, 6.07) is 5.08. The minimum absolute atomic E-state index is 0.134. The molecule has 3 rings (SSSR count). The number of benzene rings is 2. The van der Waals surface area contributed by atoms with Crippen LogP contribution >= 0.6 is 0 Å². The lowest BCUT2D eigenvalue weighted by Gasteiger charge is -2.42. The summed E-state index contributed by atoms with van der Waals surface area (Å²) in [6.07, 6.45) is -1.49. The molecule has 0 saturated heterocycles. The first-order valence-electron chi connectivity index (χ1n) is 9.81. The minimum Gasteiger partial charge on any atom is -0.363 e. The average molecular weight is 450 g/mol. The third-order valence-corrected chi connectivity index (χ3v) is 5.32. The van der Waals surface area contributed by atoms with Crippen LogP contribution in [0.1, 0.15) is 44.4 Å². The van der Waals surface area contributed by atoms with Crippen LogP contribution in [0.15, 0.2) is 41.5 Å². The predicted molar refractivity (Wildman–Crippen MR) is 116 cm³/mol. The normalized spacial score (nSPS) is 15.5. The van der Waals surface area contributed by atoms with Crippen molar-refractivity contribution in [2.45, 2.75) is 39.4 Å². The van der Waals surface area contributed by atoms with Gasteiger partial charge in [-0.1, -0.05) is 6.08 Å². The van der Waals surface area contributed by atoms with Gasteiger partial charge in [0.25, 0.3) is 5.69 Å². The molecule has 1 aliphatic rings. The van der Waals surface area contributed by atoms with E-state index in [0.29, 0.717) is 18.7 Å². The van der Waals surface area contributed by atoms with Crippen molar-refractivity contribution in [3.63, 3.8) is 0 Å². The third-order valence-electron chi connectivity index (χ3n) is 5.32. The van der Waals surface area contributed by atoms with E-state index in [1.807, 2.05) is 27.7 Å². The molecule has 0 aromatic heterocycles. The molecule has 1 aliphatic heterocycles. The Labute approximate surface area is 182 Å². The largest absolute Gasteiger partial charge is 0.416 e. The monoisotopic (exact) mass is 450 g/mol. The number of hydrazone groups is 1. The fourth-order valence-corrected chi connectivity index (χ4v) is 3.92. The first kappa shape index (κ1) is 23.2. The molecule has 1 heterocycles. The van der Waals surface area contributed by atoms with E-state index < -0.39 is 28.2 Å². The van der Waals surface area contributed by atoms with Gasteiger partial charge in [-0.2, -0.15) is 18.3 Å². The summed E-state index contributed by atoms with van der Waals surface area (Å²) < 4.78 is 53.3. The number of fused-ring (bicyclic) bond motifs is 1. The minimum atomic E-state index is -4.72. The Morgan fingerprint density at radius 1 is 1.25 bits per heavy atom. The number of alkyl halides is 3. The van der Waals surface area contributed by atoms with E-state index in [1.54, 1.807) is 6.07 Å². The second-order valence-corrected chi connectivity index (χ2v) is 7.97. The molecule has 0 radical (unpaired) electrons. The van der Waals surface area contributed by atoms with Crippen molar-refractivity contribution in [3.8, 4) is 0 Å². The lowest BCUT2D eigenvalue weighted by Crippen LogP contribution is -2.45. The number of hydrogen-bond acceptors (Lipinski definition) is 5. The molecule has 32 heavy (non-hydrogen) atoms. The van der Waals surface area contributed by atoms with Gasteiger partial charge in [0, 0.05) is 29.4 Å². The molecular formula is C22H22F4N4O2. The highest BCUT2D eigenvalue weighted by atomic mass is 19.4. The van der Waals surface area contributed by atoms with Gasteiger partial charge in [0.1, 0.15) is 11.5 Å². The van der Waals surface area contributed by atoms with Crippen LogP contribution in [0.5, 0.6) is 0 Å². The number of nitro benzene ring substituents is 1. The summed E-state index contributed by atoms with van der Waals surface area (Å²) in [4.78, 5) is 12.3. The SMILES string of the molecule is CCN1c2cc(F)c(/C=N/Nc3ccc(C(F)(F)F)cc3[N+](=O)[O-])cc2C(C)=CC1(C)C. The number of anilines is 2. The van der Waals surface area contributed by atoms with Crippen LogP contribution in [0.2, 0.25) is 0 Å². The molecule has 0 amide bonds. The van der Waals surface area contributed by atoms with Crippen molar-refractivity contribution >= 4 is 28.8 Å². The van der Waals surface area contributed by atoms with Gasteiger partial charge in [0.2, 0.25) is 0 Å². The quantitative estimate of drug-likeness (QED) is 0.254. The second kappa shape index (κ2) is 8.25. The van der Waals surface area contributed by atoms with Gasteiger partial charge >= 0.3 is 6.18 Å². The highest BCUT2D eigenvalue weighted by molar-refractivity contribution is 5.88. The van der Waals surface area contributed by atoms with Crippen LogP contribution in [0.4, 0.5) is 34.6 Å². The van der Waals surface area contributed by atoms with Crippen LogP contribution in [0.25, 0.3) is 5.57 Å². The van der Waals surface area contributed by atoms with Gasteiger partial charge in [-0.05, 0) is 57.5 Å². The molecule has 0 saturated carbocycles. The number of allylic oxidation sites excluding steroid dienone is 1. The molecule has 2 aromatic rings. The molecule has 0 aliphatic carbocycles. The van der Waals surface area contributed by atoms with E-state index in [-0.39, 0.29) is 16.8 Å². The highest BCUT2D eigenvalue weighted by Gasteiger charge is 2.33. The van der Waals surface area contributed by atoms with Gasteiger partial charge in [-0.15, -0.1) is 0 Å². The lowest BCUT2D eigenvalue weighted by molar-refractivity contribution is -0.384. The Balaban J connectivity index is 1.92. The van der Waals surface area contributed by atoms with E-state index in [4.69, 9.17) is 0 Å². The molecule has 0 atom stereocenters. The summed E-state index contributed by atoms with van der Waals surface area (Å²) in [5, 5.41) is 15.0. The fourth-order valence-electron chi connectivity index (χ4n) is 3.92. The molecule has 0 unspecified atom stereocenters. The van der Waals surface area contributed by atoms with Crippen LogP contribution in [0.3, 0.4) is 0 Å². The maximum atomic E-state index is 14.8. The van der Waals surface area contributed by atoms with Crippen molar-refractivity contribution < 1.29 is 22.5 Å². The topological polar surface area (TPSA) is 70.8 Å². The maximum Gasteiger partial charge on any atom is 0.416 e.